The Bertz CT molecular complexity index is 374. The molecule has 0 radical (unpaired) electrons. The molecule has 0 atom stereocenters. The number of aliphatic hydroxyl groups excluding tert-OH is 2. The van der Waals surface area contributed by atoms with Gasteiger partial charge in [-0.15, -0.1) is 0 Å². The van der Waals surface area contributed by atoms with E-state index in [1.54, 1.807) is 6.08 Å². The number of rotatable bonds is 3. The number of thioether (sulfide) groups is 1. The van der Waals surface area contributed by atoms with Crippen LogP contribution in [0.1, 0.15) is 0 Å². The SMILES string of the molecule is OCC#C/C=C(\CO)Sc1ccccc1. The van der Waals surface area contributed by atoms with Crippen LogP contribution in [0.25, 0.3) is 0 Å². The molecule has 0 unspecified atom stereocenters. The maximum absolute atomic E-state index is 9.07. The molecule has 78 valence electrons. The lowest BCUT2D eigenvalue weighted by molar-refractivity contribution is 0.339. The highest BCUT2D eigenvalue weighted by atomic mass is 32.2. The monoisotopic (exact) mass is 220 g/mol. The van der Waals surface area contributed by atoms with Gasteiger partial charge in [0.2, 0.25) is 0 Å². The van der Waals surface area contributed by atoms with Gasteiger partial charge in [-0.05, 0) is 12.1 Å². The number of hydrogen-bond donors (Lipinski definition) is 2. The summed E-state index contributed by atoms with van der Waals surface area (Å²) in [4.78, 5) is 1.82. The van der Waals surface area contributed by atoms with Gasteiger partial charge in [0.05, 0.1) is 6.61 Å². The third-order valence-corrected chi connectivity index (χ3v) is 2.58. The molecular formula is C12H12O2S. The first-order valence-electron chi connectivity index (χ1n) is 4.49. The minimum absolute atomic E-state index is 0.0420. The zero-order valence-corrected chi connectivity index (χ0v) is 9.00. The van der Waals surface area contributed by atoms with Crippen LogP contribution in [0.3, 0.4) is 0 Å². The lowest BCUT2D eigenvalue weighted by Gasteiger charge is -2.01. The number of benzene rings is 1. The molecule has 0 spiro atoms. The fraction of sp³-hybridized carbons (Fsp3) is 0.167. The molecule has 0 aliphatic rings. The Labute approximate surface area is 93.6 Å². The molecule has 3 heteroatoms. The maximum atomic E-state index is 9.07. The molecule has 0 aromatic heterocycles. The molecule has 1 aromatic rings. The second-order valence-electron chi connectivity index (χ2n) is 2.66. The van der Waals surface area contributed by atoms with Crippen molar-refractivity contribution >= 4 is 11.8 Å². The molecule has 0 heterocycles. The van der Waals surface area contributed by atoms with Crippen molar-refractivity contribution in [3.8, 4) is 11.8 Å². The molecule has 0 bridgehead atoms. The van der Waals surface area contributed by atoms with E-state index in [1.165, 1.54) is 11.8 Å². The van der Waals surface area contributed by atoms with Gasteiger partial charge >= 0.3 is 0 Å². The Balaban J connectivity index is 2.66. The molecule has 1 rings (SSSR count). The van der Waals surface area contributed by atoms with Gasteiger partial charge in [0, 0.05) is 15.9 Å². The summed E-state index contributed by atoms with van der Waals surface area (Å²) < 4.78 is 0. The molecule has 0 aliphatic heterocycles. The second kappa shape index (κ2) is 7.13. The van der Waals surface area contributed by atoms with Crippen molar-refractivity contribution < 1.29 is 10.2 Å². The molecule has 15 heavy (non-hydrogen) atoms. The van der Waals surface area contributed by atoms with Crippen LogP contribution in [-0.4, -0.2) is 23.4 Å². The van der Waals surface area contributed by atoms with E-state index in [4.69, 9.17) is 10.2 Å². The molecule has 0 aliphatic carbocycles. The lowest BCUT2D eigenvalue weighted by atomic mass is 10.4. The van der Waals surface area contributed by atoms with Crippen LogP contribution in [0.15, 0.2) is 46.2 Å². The van der Waals surface area contributed by atoms with Crippen molar-refractivity contribution in [3.05, 3.63) is 41.3 Å². The standard InChI is InChI=1S/C12H12O2S/c13-9-5-4-8-12(10-14)15-11-6-2-1-3-7-11/h1-3,6-8,13-14H,9-10H2/b12-8+. The molecular weight excluding hydrogens is 208 g/mol. The van der Waals surface area contributed by atoms with Crippen molar-refractivity contribution in [2.75, 3.05) is 13.2 Å². The van der Waals surface area contributed by atoms with Crippen LogP contribution in [-0.2, 0) is 0 Å². The van der Waals surface area contributed by atoms with Crippen molar-refractivity contribution in [1.29, 1.82) is 0 Å². The maximum Gasteiger partial charge on any atom is 0.104 e. The van der Waals surface area contributed by atoms with Crippen molar-refractivity contribution in [1.82, 2.24) is 0 Å². The zero-order chi connectivity index (χ0) is 10.9. The van der Waals surface area contributed by atoms with Gasteiger partial charge in [0.25, 0.3) is 0 Å². The first-order valence-corrected chi connectivity index (χ1v) is 5.30. The van der Waals surface area contributed by atoms with E-state index >= 15 is 0 Å². The van der Waals surface area contributed by atoms with Crippen molar-refractivity contribution in [2.24, 2.45) is 0 Å². The van der Waals surface area contributed by atoms with Crippen LogP contribution in [0, 0.1) is 11.8 Å². The van der Waals surface area contributed by atoms with Crippen LogP contribution in [0.2, 0.25) is 0 Å². The Morgan fingerprint density at radius 2 is 2.00 bits per heavy atom. The molecule has 0 fully saturated rings. The largest absolute Gasteiger partial charge is 0.391 e. The summed E-state index contributed by atoms with van der Waals surface area (Å²) in [6.45, 7) is -0.203. The summed E-state index contributed by atoms with van der Waals surface area (Å²) >= 11 is 1.47. The second-order valence-corrected chi connectivity index (χ2v) is 3.86. The first-order chi connectivity index (χ1) is 7.36. The molecule has 2 nitrogen and oxygen atoms in total. The van der Waals surface area contributed by atoms with E-state index in [9.17, 15) is 0 Å². The average Bonchev–Trinajstić information content (AvgIpc) is 2.29. The summed E-state index contributed by atoms with van der Waals surface area (Å²) in [7, 11) is 0. The first kappa shape index (κ1) is 11.9. The van der Waals surface area contributed by atoms with Gasteiger partial charge in [0.1, 0.15) is 6.61 Å². The number of hydrogen-bond acceptors (Lipinski definition) is 3. The van der Waals surface area contributed by atoms with E-state index < -0.39 is 0 Å². The predicted molar refractivity (Wildman–Crippen MR) is 62.3 cm³/mol. The fourth-order valence-electron chi connectivity index (χ4n) is 0.924. The minimum atomic E-state index is -0.161. The Hall–Kier alpha value is -1.21. The predicted octanol–water partition coefficient (Wildman–Crippen LogP) is 1.65. The lowest BCUT2D eigenvalue weighted by Crippen LogP contribution is -1.84. The Morgan fingerprint density at radius 1 is 1.27 bits per heavy atom. The number of allylic oxidation sites excluding steroid dienone is 1. The van der Waals surface area contributed by atoms with E-state index in [0.29, 0.717) is 0 Å². The van der Waals surface area contributed by atoms with Crippen LogP contribution >= 0.6 is 11.8 Å². The highest BCUT2D eigenvalue weighted by Crippen LogP contribution is 2.25. The highest BCUT2D eigenvalue weighted by molar-refractivity contribution is 8.03. The van der Waals surface area contributed by atoms with E-state index in [2.05, 4.69) is 11.8 Å². The van der Waals surface area contributed by atoms with Gasteiger partial charge in [-0.1, -0.05) is 41.8 Å². The van der Waals surface area contributed by atoms with Crippen molar-refractivity contribution in [2.45, 2.75) is 4.90 Å². The topological polar surface area (TPSA) is 40.5 Å². The summed E-state index contributed by atoms with van der Waals surface area (Å²) in [5.41, 5.74) is 0. The van der Waals surface area contributed by atoms with Gasteiger partial charge in [0.15, 0.2) is 0 Å². The molecule has 0 saturated heterocycles. The summed E-state index contributed by atoms with van der Waals surface area (Å²) in [5, 5.41) is 17.5. The van der Waals surface area contributed by atoms with Crippen LogP contribution < -0.4 is 0 Å². The third kappa shape index (κ3) is 4.71. The summed E-state index contributed by atoms with van der Waals surface area (Å²) in [6, 6.07) is 9.76. The molecule has 0 amide bonds. The van der Waals surface area contributed by atoms with E-state index in [0.717, 1.165) is 9.80 Å². The third-order valence-electron chi connectivity index (χ3n) is 1.56. The minimum Gasteiger partial charge on any atom is -0.391 e. The molecule has 0 saturated carbocycles. The van der Waals surface area contributed by atoms with Crippen molar-refractivity contribution in [3.63, 3.8) is 0 Å². The molecule has 1 aromatic carbocycles. The summed E-state index contributed by atoms with van der Waals surface area (Å²) in [6.07, 6.45) is 1.62. The van der Waals surface area contributed by atoms with Gasteiger partial charge in [-0.3, -0.25) is 0 Å². The normalized spacial score (nSPS) is 10.7. The van der Waals surface area contributed by atoms with E-state index in [1.807, 2.05) is 30.3 Å². The smallest absolute Gasteiger partial charge is 0.104 e. The quantitative estimate of drug-likeness (QED) is 0.601. The molecule has 2 N–H and O–H groups in total. The highest BCUT2D eigenvalue weighted by Gasteiger charge is 1.97. The van der Waals surface area contributed by atoms with Gasteiger partial charge in [-0.25, -0.2) is 0 Å². The summed E-state index contributed by atoms with van der Waals surface area (Å²) in [5.74, 6) is 5.17. The Morgan fingerprint density at radius 3 is 2.60 bits per heavy atom. The van der Waals surface area contributed by atoms with Gasteiger partial charge < -0.3 is 10.2 Å². The van der Waals surface area contributed by atoms with E-state index in [-0.39, 0.29) is 13.2 Å². The average molecular weight is 220 g/mol. The zero-order valence-electron chi connectivity index (χ0n) is 8.18. The van der Waals surface area contributed by atoms with Crippen LogP contribution in [0.4, 0.5) is 0 Å². The fourth-order valence-corrected chi connectivity index (χ4v) is 1.70. The number of aliphatic hydroxyl groups is 2. The van der Waals surface area contributed by atoms with Crippen LogP contribution in [0.5, 0.6) is 0 Å². The Kier molecular flexibility index (Phi) is 5.64. The van der Waals surface area contributed by atoms with Gasteiger partial charge in [-0.2, -0.15) is 0 Å².